The van der Waals surface area contributed by atoms with Crippen molar-refractivity contribution in [3.63, 3.8) is 0 Å². The van der Waals surface area contributed by atoms with E-state index in [1.165, 1.54) is 0 Å². The van der Waals surface area contributed by atoms with E-state index in [1.54, 1.807) is 0 Å². The van der Waals surface area contributed by atoms with Crippen molar-refractivity contribution in [1.82, 2.24) is 5.32 Å². The maximum atomic E-state index is 11.4. The summed E-state index contributed by atoms with van der Waals surface area (Å²) in [4.78, 5) is 22.7. The van der Waals surface area contributed by atoms with Crippen LogP contribution in [0.1, 0.15) is 26.7 Å². The van der Waals surface area contributed by atoms with Gasteiger partial charge in [-0.2, -0.15) is 0 Å². The van der Waals surface area contributed by atoms with Gasteiger partial charge in [0, 0.05) is 0 Å². The SMILES string of the molecule is CCCC1C(=O)OC(=O)C1(N)NCC. The van der Waals surface area contributed by atoms with Crippen molar-refractivity contribution in [2.75, 3.05) is 6.54 Å². The van der Waals surface area contributed by atoms with Gasteiger partial charge >= 0.3 is 11.9 Å². The Kier molecular flexibility index (Phi) is 3.23. The molecular weight excluding hydrogens is 184 g/mol. The van der Waals surface area contributed by atoms with Gasteiger partial charge in [-0.3, -0.25) is 10.1 Å². The molecule has 0 saturated carbocycles. The molecule has 2 unspecified atom stereocenters. The monoisotopic (exact) mass is 200 g/mol. The van der Waals surface area contributed by atoms with Crippen molar-refractivity contribution < 1.29 is 14.3 Å². The standard InChI is InChI=1S/C9H16N2O3/c1-3-5-6-7(12)14-8(13)9(6,10)11-4-2/h6,11H,3-5,10H2,1-2H3. The van der Waals surface area contributed by atoms with E-state index in [2.05, 4.69) is 10.1 Å². The van der Waals surface area contributed by atoms with E-state index in [0.29, 0.717) is 13.0 Å². The van der Waals surface area contributed by atoms with Gasteiger partial charge in [0.15, 0.2) is 5.66 Å². The van der Waals surface area contributed by atoms with Crippen molar-refractivity contribution in [1.29, 1.82) is 0 Å². The number of hydrogen-bond acceptors (Lipinski definition) is 5. The molecule has 2 atom stereocenters. The van der Waals surface area contributed by atoms with Crippen LogP contribution in [-0.2, 0) is 14.3 Å². The van der Waals surface area contributed by atoms with Crippen LogP contribution in [0.3, 0.4) is 0 Å². The Morgan fingerprint density at radius 3 is 2.64 bits per heavy atom. The molecule has 0 aliphatic carbocycles. The predicted molar refractivity (Wildman–Crippen MR) is 50.1 cm³/mol. The average molecular weight is 200 g/mol. The number of ether oxygens (including phenoxy) is 1. The molecule has 1 fully saturated rings. The van der Waals surface area contributed by atoms with E-state index < -0.39 is 23.5 Å². The lowest BCUT2D eigenvalue weighted by Crippen LogP contribution is -2.61. The first kappa shape index (κ1) is 11.1. The Hall–Kier alpha value is -0.940. The van der Waals surface area contributed by atoms with Crippen LogP contribution in [0.4, 0.5) is 0 Å². The molecule has 1 heterocycles. The fourth-order valence-electron chi connectivity index (χ4n) is 1.70. The molecule has 0 spiro atoms. The number of carbonyl (C=O) groups excluding carboxylic acids is 2. The third kappa shape index (κ3) is 1.65. The first-order chi connectivity index (χ1) is 6.56. The zero-order chi connectivity index (χ0) is 10.8. The zero-order valence-electron chi connectivity index (χ0n) is 8.50. The zero-order valence-corrected chi connectivity index (χ0v) is 8.50. The van der Waals surface area contributed by atoms with Crippen LogP contribution in [0.25, 0.3) is 0 Å². The van der Waals surface area contributed by atoms with Crippen LogP contribution in [0.15, 0.2) is 0 Å². The Bertz CT molecular complexity index is 254. The van der Waals surface area contributed by atoms with Gasteiger partial charge in [0.1, 0.15) is 0 Å². The maximum Gasteiger partial charge on any atom is 0.349 e. The van der Waals surface area contributed by atoms with Crippen LogP contribution >= 0.6 is 0 Å². The Labute approximate surface area is 83.0 Å². The van der Waals surface area contributed by atoms with Crippen molar-refractivity contribution in [2.24, 2.45) is 11.7 Å². The summed E-state index contributed by atoms with van der Waals surface area (Å²) in [7, 11) is 0. The molecule has 5 nitrogen and oxygen atoms in total. The van der Waals surface area contributed by atoms with Crippen LogP contribution in [0.5, 0.6) is 0 Å². The topological polar surface area (TPSA) is 81.4 Å². The summed E-state index contributed by atoms with van der Waals surface area (Å²) in [5.74, 6) is -1.73. The van der Waals surface area contributed by atoms with E-state index in [1.807, 2.05) is 13.8 Å². The number of esters is 2. The summed E-state index contributed by atoms with van der Waals surface area (Å²) in [5, 5.41) is 2.82. The lowest BCUT2D eigenvalue weighted by Gasteiger charge is -2.25. The van der Waals surface area contributed by atoms with Crippen molar-refractivity contribution in [3.8, 4) is 0 Å². The highest BCUT2D eigenvalue weighted by atomic mass is 16.6. The molecule has 1 saturated heterocycles. The normalized spacial score (nSPS) is 32.1. The van der Waals surface area contributed by atoms with E-state index in [4.69, 9.17) is 5.73 Å². The second kappa shape index (κ2) is 4.06. The van der Waals surface area contributed by atoms with Crippen LogP contribution in [-0.4, -0.2) is 24.1 Å². The molecule has 14 heavy (non-hydrogen) atoms. The van der Waals surface area contributed by atoms with Crippen LogP contribution in [0, 0.1) is 5.92 Å². The third-order valence-corrected chi connectivity index (χ3v) is 2.41. The molecule has 0 aromatic rings. The van der Waals surface area contributed by atoms with E-state index >= 15 is 0 Å². The minimum atomic E-state index is -1.32. The number of carbonyl (C=O) groups is 2. The van der Waals surface area contributed by atoms with Crippen LogP contribution < -0.4 is 11.1 Å². The molecular formula is C9H16N2O3. The van der Waals surface area contributed by atoms with E-state index in [-0.39, 0.29) is 0 Å². The van der Waals surface area contributed by atoms with Gasteiger partial charge in [0.05, 0.1) is 5.92 Å². The first-order valence-electron chi connectivity index (χ1n) is 4.86. The molecule has 5 heteroatoms. The van der Waals surface area contributed by atoms with E-state index in [0.717, 1.165) is 6.42 Å². The number of cyclic esters (lactones) is 2. The summed E-state index contributed by atoms with van der Waals surface area (Å²) < 4.78 is 4.53. The first-order valence-corrected chi connectivity index (χ1v) is 4.86. The highest BCUT2D eigenvalue weighted by molar-refractivity contribution is 6.01. The Morgan fingerprint density at radius 2 is 2.14 bits per heavy atom. The molecule has 1 rings (SSSR count). The van der Waals surface area contributed by atoms with Crippen LogP contribution in [0.2, 0.25) is 0 Å². The number of nitrogens with one attached hydrogen (secondary N) is 1. The minimum Gasteiger partial charge on any atom is -0.390 e. The molecule has 0 aromatic heterocycles. The maximum absolute atomic E-state index is 11.4. The lowest BCUT2D eigenvalue weighted by atomic mass is 9.91. The molecule has 3 N–H and O–H groups in total. The lowest BCUT2D eigenvalue weighted by molar-refractivity contribution is -0.154. The fourth-order valence-corrected chi connectivity index (χ4v) is 1.70. The largest absolute Gasteiger partial charge is 0.390 e. The van der Waals surface area contributed by atoms with Gasteiger partial charge in [0.25, 0.3) is 0 Å². The number of nitrogens with two attached hydrogens (primary N) is 1. The average Bonchev–Trinajstić information content (AvgIpc) is 2.31. The summed E-state index contributed by atoms with van der Waals surface area (Å²) in [6.45, 7) is 4.29. The molecule has 0 amide bonds. The van der Waals surface area contributed by atoms with Crippen molar-refractivity contribution in [3.05, 3.63) is 0 Å². The van der Waals surface area contributed by atoms with Crippen molar-refractivity contribution >= 4 is 11.9 Å². The summed E-state index contributed by atoms with van der Waals surface area (Å²) in [6.07, 6.45) is 1.35. The molecule has 80 valence electrons. The highest BCUT2D eigenvalue weighted by Gasteiger charge is 2.54. The molecule has 0 radical (unpaired) electrons. The van der Waals surface area contributed by atoms with Gasteiger partial charge in [0.2, 0.25) is 0 Å². The third-order valence-electron chi connectivity index (χ3n) is 2.41. The van der Waals surface area contributed by atoms with E-state index in [9.17, 15) is 9.59 Å². The molecule has 0 bridgehead atoms. The number of rotatable bonds is 4. The van der Waals surface area contributed by atoms with Gasteiger partial charge in [-0.1, -0.05) is 20.3 Å². The van der Waals surface area contributed by atoms with Crippen molar-refractivity contribution in [2.45, 2.75) is 32.4 Å². The fraction of sp³-hybridized carbons (Fsp3) is 0.778. The number of likely N-dealkylation sites (N-methyl/N-ethyl adjacent to an activating group) is 1. The van der Waals surface area contributed by atoms with Gasteiger partial charge in [-0.15, -0.1) is 0 Å². The highest BCUT2D eigenvalue weighted by Crippen LogP contribution is 2.27. The minimum absolute atomic E-state index is 0.514. The second-order valence-corrected chi connectivity index (χ2v) is 3.45. The Balaban J connectivity index is 2.87. The molecule has 0 aromatic carbocycles. The smallest absolute Gasteiger partial charge is 0.349 e. The summed E-state index contributed by atoms with van der Waals surface area (Å²) in [5.41, 5.74) is 4.51. The molecule has 1 aliphatic rings. The summed E-state index contributed by atoms with van der Waals surface area (Å²) in [6, 6.07) is 0. The summed E-state index contributed by atoms with van der Waals surface area (Å²) >= 11 is 0. The Morgan fingerprint density at radius 1 is 1.50 bits per heavy atom. The number of hydrogen-bond donors (Lipinski definition) is 2. The molecule has 1 aliphatic heterocycles. The second-order valence-electron chi connectivity index (χ2n) is 3.45. The van der Waals surface area contributed by atoms with Gasteiger partial charge in [-0.05, 0) is 13.0 Å². The van der Waals surface area contributed by atoms with Gasteiger partial charge in [-0.25, -0.2) is 4.79 Å². The quantitative estimate of drug-likeness (QED) is 0.371. The predicted octanol–water partition coefficient (Wildman–Crippen LogP) is -0.249. The van der Waals surface area contributed by atoms with Gasteiger partial charge < -0.3 is 10.5 Å².